The molecule has 0 spiro atoms. The van der Waals surface area contributed by atoms with Crippen molar-refractivity contribution in [3.63, 3.8) is 0 Å². The van der Waals surface area contributed by atoms with Crippen molar-refractivity contribution in [2.24, 2.45) is 0 Å². The summed E-state index contributed by atoms with van der Waals surface area (Å²) < 4.78 is 37.0. The molecule has 0 unspecified atom stereocenters. The Kier molecular flexibility index (Phi) is 3.93. The van der Waals surface area contributed by atoms with Gasteiger partial charge in [0.05, 0.1) is 5.56 Å². The summed E-state index contributed by atoms with van der Waals surface area (Å²) in [7, 11) is 0. The maximum Gasteiger partial charge on any atom is 0.416 e. The van der Waals surface area contributed by atoms with Gasteiger partial charge in [0.15, 0.2) is 0 Å². The predicted molar refractivity (Wildman–Crippen MR) is 55.2 cm³/mol. The van der Waals surface area contributed by atoms with Crippen molar-refractivity contribution in [2.45, 2.75) is 19.5 Å². The van der Waals surface area contributed by atoms with E-state index in [1.807, 2.05) is 0 Å². The van der Waals surface area contributed by atoms with Gasteiger partial charge in [0.1, 0.15) is 5.78 Å². The third-order valence-electron chi connectivity index (χ3n) is 2.00. The quantitative estimate of drug-likeness (QED) is 0.862. The van der Waals surface area contributed by atoms with Gasteiger partial charge in [-0.15, -0.1) is 0 Å². The van der Waals surface area contributed by atoms with Crippen molar-refractivity contribution in [3.05, 3.63) is 29.8 Å². The van der Waals surface area contributed by atoms with Crippen molar-refractivity contribution in [3.8, 4) is 0 Å². The van der Waals surface area contributed by atoms with E-state index in [4.69, 9.17) is 0 Å². The third kappa shape index (κ3) is 3.92. The number of rotatable bonds is 4. The molecule has 0 heterocycles. The molecule has 0 aliphatic heterocycles. The Morgan fingerprint density at radius 2 is 2.06 bits per heavy atom. The Bertz CT molecular complexity index is 374. The molecule has 16 heavy (non-hydrogen) atoms. The lowest BCUT2D eigenvalue weighted by atomic mass is 10.2. The van der Waals surface area contributed by atoms with Gasteiger partial charge < -0.3 is 5.32 Å². The first-order valence-corrected chi connectivity index (χ1v) is 4.80. The van der Waals surface area contributed by atoms with Crippen LogP contribution < -0.4 is 5.32 Å². The van der Waals surface area contributed by atoms with E-state index in [2.05, 4.69) is 5.32 Å². The topological polar surface area (TPSA) is 29.1 Å². The van der Waals surface area contributed by atoms with Crippen LogP contribution in [0.4, 0.5) is 18.9 Å². The fourth-order valence-electron chi connectivity index (χ4n) is 1.19. The first-order valence-electron chi connectivity index (χ1n) is 4.80. The van der Waals surface area contributed by atoms with E-state index < -0.39 is 11.7 Å². The van der Waals surface area contributed by atoms with Crippen LogP contribution in [0.3, 0.4) is 0 Å². The van der Waals surface area contributed by atoms with E-state index in [0.717, 1.165) is 12.1 Å². The van der Waals surface area contributed by atoms with Gasteiger partial charge in [-0.1, -0.05) is 6.07 Å². The smallest absolute Gasteiger partial charge is 0.385 e. The summed E-state index contributed by atoms with van der Waals surface area (Å²) in [5, 5.41) is 2.77. The van der Waals surface area contributed by atoms with Gasteiger partial charge in [0.2, 0.25) is 0 Å². The first kappa shape index (κ1) is 12.5. The van der Waals surface area contributed by atoms with Crippen molar-refractivity contribution in [1.82, 2.24) is 0 Å². The van der Waals surface area contributed by atoms with Crippen LogP contribution in [0.1, 0.15) is 18.9 Å². The van der Waals surface area contributed by atoms with E-state index in [1.165, 1.54) is 19.1 Å². The monoisotopic (exact) mass is 231 g/mol. The Hall–Kier alpha value is -1.52. The number of hydrogen-bond donors (Lipinski definition) is 1. The molecule has 0 atom stereocenters. The van der Waals surface area contributed by atoms with Gasteiger partial charge in [-0.25, -0.2) is 0 Å². The molecule has 88 valence electrons. The third-order valence-corrected chi connectivity index (χ3v) is 2.00. The summed E-state index contributed by atoms with van der Waals surface area (Å²) in [6.45, 7) is 1.78. The van der Waals surface area contributed by atoms with Crippen LogP contribution in [0.2, 0.25) is 0 Å². The lowest BCUT2D eigenvalue weighted by molar-refractivity contribution is -0.137. The van der Waals surface area contributed by atoms with Crippen molar-refractivity contribution in [1.29, 1.82) is 0 Å². The summed E-state index contributed by atoms with van der Waals surface area (Å²) in [4.78, 5) is 10.6. The van der Waals surface area contributed by atoms with E-state index in [0.29, 0.717) is 18.7 Å². The SMILES string of the molecule is CC(=O)CCNc1cccc(C(F)(F)F)c1. The van der Waals surface area contributed by atoms with Gasteiger partial charge in [-0.05, 0) is 25.1 Å². The highest BCUT2D eigenvalue weighted by atomic mass is 19.4. The number of ketones is 1. The molecule has 2 nitrogen and oxygen atoms in total. The average molecular weight is 231 g/mol. The van der Waals surface area contributed by atoms with Crippen LogP contribution in [0, 0.1) is 0 Å². The van der Waals surface area contributed by atoms with Crippen LogP contribution in [0.5, 0.6) is 0 Å². The summed E-state index contributed by atoms with van der Waals surface area (Å²) >= 11 is 0. The Balaban J connectivity index is 2.64. The maximum absolute atomic E-state index is 12.3. The Morgan fingerprint density at radius 1 is 1.38 bits per heavy atom. The van der Waals surface area contributed by atoms with Crippen molar-refractivity contribution < 1.29 is 18.0 Å². The number of carbonyl (C=O) groups excluding carboxylic acids is 1. The van der Waals surface area contributed by atoms with E-state index in [1.54, 1.807) is 0 Å². The van der Waals surface area contributed by atoms with Crippen molar-refractivity contribution >= 4 is 11.5 Å². The average Bonchev–Trinajstić information content (AvgIpc) is 2.16. The predicted octanol–water partition coefficient (Wildman–Crippen LogP) is 3.10. The lowest BCUT2D eigenvalue weighted by Gasteiger charge is -2.09. The van der Waals surface area contributed by atoms with E-state index >= 15 is 0 Å². The lowest BCUT2D eigenvalue weighted by Crippen LogP contribution is -2.08. The molecule has 0 aliphatic carbocycles. The number of anilines is 1. The highest BCUT2D eigenvalue weighted by molar-refractivity contribution is 5.76. The van der Waals surface area contributed by atoms with Gasteiger partial charge in [0.25, 0.3) is 0 Å². The van der Waals surface area contributed by atoms with Gasteiger partial charge in [0, 0.05) is 18.7 Å². The summed E-state index contributed by atoms with van der Waals surface area (Å²) in [5.74, 6) is -0.000485. The molecule has 1 rings (SSSR count). The fourth-order valence-corrected chi connectivity index (χ4v) is 1.19. The standard InChI is InChI=1S/C11H12F3NO/c1-8(16)5-6-15-10-4-2-3-9(7-10)11(12,13)14/h2-4,7,15H,5-6H2,1H3. The molecule has 0 radical (unpaired) electrons. The summed E-state index contributed by atoms with van der Waals surface area (Å²) in [6.07, 6.45) is -4.03. The maximum atomic E-state index is 12.3. The minimum absolute atomic E-state index is 0.000485. The van der Waals surface area contributed by atoms with Crippen LogP contribution >= 0.6 is 0 Å². The van der Waals surface area contributed by atoms with Gasteiger partial charge >= 0.3 is 6.18 Å². The van der Waals surface area contributed by atoms with Crippen LogP contribution in [-0.2, 0) is 11.0 Å². The normalized spacial score (nSPS) is 11.2. The highest BCUT2D eigenvalue weighted by Crippen LogP contribution is 2.30. The van der Waals surface area contributed by atoms with Gasteiger partial charge in [-0.3, -0.25) is 4.79 Å². The zero-order chi connectivity index (χ0) is 12.2. The largest absolute Gasteiger partial charge is 0.416 e. The number of nitrogens with one attached hydrogen (secondary N) is 1. The molecule has 0 aliphatic rings. The molecule has 0 aromatic heterocycles. The molecule has 0 saturated carbocycles. The molecule has 1 aromatic rings. The number of alkyl halides is 3. The Labute approximate surface area is 91.5 Å². The molecule has 0 bridgehead atoms. The first-order chi connectivity index (χ1) is 7.39. The van der Waals surface area contributed by atoms with Crippen LogP contribution in [0.25, 0.3) is 0 Å². The molecule has 1 aromatic carbocycles. The number of Topliss-reactive ketones (excluding diaryl/α,β-unsaturated/α-hetero) is 1. The summed E-state index contributed by atoms with van der Waals surface area (Å²) in [6, 6.07) is 4.91. The number of benzene rings is 1. The van der Waals surface area contributed by atoms with Gasteiger partial charge in [-0.2, -0.15) is 13.2 Å². The minimum Gasteiger partial charge on any atom is -0.385 e. The summed E-state index contributed by atoms with van der Waals surface area (Å²) in [5.41, 5.74) is -0.323. The highest BCUT2D eigenvalue weighted by Gasteiger charge is 2.30. The zero-order valence-corrected chi connectivity index (χ0v) is 8.77. The number of hydrogen-bond acceptors (Lipinski definition) is 2. The molecule has 1 N–H and O–H groups in total. The fraction of sp³-hybridized carbons (Fsp3) is 0.364. The second kappa shape index (κ2) is 5.01. The molecule has 0 saturated heterocycles. The van der Waals surface area contributed by atoms with E-state index in [-0.39, 0.29) is 5.78 Å². The molecular formula is C11H12F3NO. The second-order valence-corrected chi connectivity index (χ2v) is 3.46. The van der Waals surface area contributed by atoms with E-state index in [9.17, 15) is 18.0 Å². The molecule has 5 heteroatoms. The molecular weight excluding hydrogens is 219 g/mol. The second-order valence-electron chi connectivity index (χ2n) is 3.46. The number of halogens is 3. The molecule has 0 fully saturated rings. The zero-order valence-electron chi connectivity index (χ0n) is 8.77. The number of carbonyl (C=O) groups is 1. The molecule has 0 amide bonds. The minimum atomic E-state index is -4.34. The Morgan fingerprint density at radius 3 is 2.62 bits per heavy atom. The van der Waals surface area contributed by atoms with Crippen LogP contribution in [-0.4, -0.2) is 12.3 Å². The van der Waals surface area contributed by atoms with Crippen molar-refractivity contribution in [2.75, 3.05) is 11.9 Å². The van der Waals surface area contributed by atoms with Crippen LogP contribution in [0.15, 0.2) is 24.3 Å².